The van der Waals surface area contributed by atoms with Crippen molar-refractivity contribution in [3.8, 4) is 0 Å². The molecule has 2 aliphatic rings. The van der Waals surface area contributed by atoms with Crippen LogP contribution >= 0.6 is 0 Å². The summed E-state index contributed by atoms with van der Waals surface area (Å²) in [6, 6.07) is 5.79. The van der Waals surface area contributed by atoms with Crippen molar-refractivity contribution in [3.63, 3.8) is 0 Å². The quantitative estimate of drug-likeness (QED) is 0.546. The monoisotopic (exact) mass is 394 g/mol. The summed E-state index contributed by atoms with van der Waals surface area (Å²) in [5, 5.41) is 5.40. The van der Waals surface area contributed by atoms with Crippen LogP contribution in [0.1, 0.15) is 36.5 Å². The number of esters is 1. The molecule has 0 spiro atoms. The summed E-state index contributed by atoms with van der Waals surface area (Å²) in [5.74, 6) is -1.31. The Bertz CT molecular complexity index is 858. The minimum atomic E-state index is -3.10. The molecular weight excluding hydrogens is 372 g/mol. The second-order valence-electron chi connectivity index (χ2n) is 6.91. The van der Waals surface area contributed by atoms with Crippen LogP contribution in [0.2, 0.25) is 0 Å². The predicted octanol–water partition coefficient (Wildman–Crippen LogP) is 0.885. The first-order chi connectivity index (χ1) is 12.8. The lowest BCUT2D eigenvalue weighted by Gasteiger charge is -2.18. The minimum absolute atomic E-state index is 0.0595. The molecule has 1 heterocycles. The van der Waals surface area contributed by atoms with E-state index in [-0.39, 0.29) is 18.1 Å². The molecule has 27 heavy (non-hydrogen) atoms. The second-order valence-corrected chi connectivity index (χ2v) is 9.14. The summed E-state index contributed by atoms with van der Waals surface area (Å²) in [7, 11) is -3.10. The third-order valence-corrected chi connectivity index (χ3v) is 6.61. The Morgan fingerprint density at radius 2 is 1.81 bits per heavy atom. The van der Waals surface area contributed by atoms with Crippen LogP contribution in [0.4, 0.5) is 5.69 Å². The zero-order chi connectivity index (χ0) is 19.7. The van der Waals surface area contributed by atoms with Crippen molar-refractivity contribution in [2.45, 2.75) is 32.2 Å². The van der Waals surface area contributed by atoms with Gasteiger partial charge in [0.1, 0.15) is 5.41 Å². The number of amides is 2. The van der Waals surface area contributed by atoms with Crippen LogP contribution in [-0.4, -0.2) is 50.4 Å². The zero-order valence-corrected chi connectivity index (χ0v) is 15.8. The van der Waals surface area contributed by atoms with E-state index in [1.807, 2.05) is 0 Å². The van der Waals surface area contributed by atoms with Crippen molar-refractivity contribution >= 4 is 33.3 Å². The van der Waals surface area contributed by atoms with Crippen molar-refractivity contribution in [1.29, 1.82) is 0 Å². The Labute approximate surface area is 157 Å². The number of ether oxygens (including phenoxy) is 1. The normalized spacial score (nSPS) is 21.9. The molecule has 1 atom stereocenters. The van der Waals surface area contributed by atoms with E-state index in [1.165, 1.54) is 12.1 Å². The van der Waals surface area contributed by atoms with E-state index in [9.17, 15) is 22.8 Å². The summed E-state index contributed by atoms with van der Waals surface area (Å²) >= 11 is 0. The van der Waals surface area contributed by atoms with Gasteiger partial charge in [0.05, 0.1) is 23.7 Å². The number of benzene rings is 1. The number of hydrogen-bond acceptors (Lipinski definition) is 6. The molecule has 1 saturated carbocycles. The van der Waals surface area contributed by atoms with Gasteiger partial charge in [0.25, 0.3) is 0 Å². The fraction of sp³-hybridized carbons (Fsp3) is 0.500. The van der Waals surface area contributed by atoms with Gasteiger partial charge in [-0.3, -0.25) is 9.59 Å². The topological polar surface area (TPSA) is 119 Å². The highest BCUT2D eigenvalue weighted by Crippen LogP contribution is 2.47. The Balaban J connectivity index is 1.60. The summed E-state index contributed by atoms with van der Waals surface area (Å²) in [5.41, 5.74) is -0.307. The standard InChI is InChI=1S/C18H22N2O6S/c1-2-26-15(21)12-3-5-13(6-4-12)19-16(22)18(8-9-18)17(23)20-14-7-10-27(24,25)11-14/h3-6,14H,2,7-11H2,1H3,(H,19,22)(H,20,23). The van der Waals surface area contributed by atoms with Crippen molar-refractivity contribution in [2.75, 3.05) is 23.4 Å². The van der Waals surface area contributed by atoms with Gasteiger partial charge in [0.2, 0.25) is 11.8 Å². The number of hydrogen-bond donors (Lipinski definition) is 2. The van der Waals surface area contributed by atoms with Crippen LogP contribution in [0.25, 0.3) is 0 Å². The van der Waals surface area contributed by atoms with Gasteiger partial charge in [-0.15, -0.1) is 0 Å². The van der Waals surface area contributed by atoms with E-state index in [0.29, 0.717) is 30.5 Å². The second kappa shape index (κ2) is 7.30. The lowest BCUT2D eigenvalue weighted by atomic mass is 10.0. The Morgan fingerprint density at radius 1 is 1.15 bits per heavy atom. The van der Waals surface area contributed by atoms with Gasteiger partial charge in [-0.1, -0.05) is 0 Å². The van der Waals surface area contributed by atoms with Crippen molar-refractivity contribution < 1.29 is 27.5 Å². The SMILES string of the molecule is CCOC(=O)c1ccc(NC(=O)C2(C(=O)NC3CCS(=O)(=O)C3)CC2)cc1. The third-order valence-electron chi connectivity index (χ3n) is 4.84. The average molecular weight is 394 g/mol. The maximum absolute atomic E-state index is 12.6. The van der Waals surface area contributed by atoms with E-state index < -0.39 is 39.1 Å². The van der Waals surface area contributed by atoms with E-state index in [1.54, 1.807) is 19.1 Å². The van der Waals surface area contributed by atoms with Gasteiger partial charge in [0, 0.05) is 11.7 Å². The molecule has 146 valence electrons. The first kappa shape index (κ1) is 19.3. The predicted molar refractivity (Wildman–Crippen MR) is 97.9 cm³/mol. The highest BCUT2D eigenvalue weighted by atomic mass is 32.2. The van der Waals surface area contributed by atoms with Crippen LogP contribution in [0.5, 0.6) is 0 Å². The van der Waals surface area contributed by atoms with Gasteiger partial charge in [-0.2, -0.15) is 0 Å². The summed E-state index contributed by atoms with van der Waals surface area (Å²) in [6.07, 6.45) is 1.22. The molecule has 2 amide bonds. The van der Waals surface area contributed by atoms with E-state index in [4.69, 9.17) is 4.74 Å². The minimum Gasteiger partial charge on any atom is -0.462 e. The third kappa shape index (κ3) is 4.29. The number of sulfone groups is 1. The molecule has 3 rings (SSSR count). The van der Waals surface area contributed by atoms with Crippen LogP contribution in [0, 0.1) is 5.41 Å². The molecule has 1 saturated heterocycles. The zero-order valence-electron chi connectivity index (χ0n) is 15.0. The number of anilines is 1. The van der Waals surface area contributed by atoms with E-state index in [0.717, 1.165) is 0 Å². The molecule has 2 fully saturated rings. The smallest absolute Gasteiger partial charge is 0.338 e. The Kier molecular flexibility index (Phi) is 5.23. The molecule has 1 aromatic rings. The first-order valence-electron chi connectivity index (χ1n) is 8.86. The molecule has 0 aromatic heterocycles. The van der Waals surface area contributed by atoms with Gasteiger partial charge >= 0.3 is 5.97 Å². The highest BCUT2D eigenvalue weighted by Gasteiger charge is 2.57. The molecule has 1 aliphatic carbocycles. The number of rotatable bonds is 6. The Hall–Kier alpha value is -2.42. The molecule has 0 bridgehead atoms. The van der Waals surface area contributed by atoms with Crippen LogP contribution in [-0.2, 0) is 24.2 Å². The fourth-order valence-electron chi connectivity index (χ4n) is 3.07. The number of carbonyl (C=O) groups excluding carboxylic acids is 3. The molecule has 1 aromatic carbocycles. The fourth-order valence-corrected chi connectivity index (χ4v) is 4.74. The van der Waals surface area contributed by atoms with Crippen LogP contribution in [0.15, 0.2) is 24.3 Å². The first-order valence-corrected chi connectivity index (χ1v) is 10.7. The molecule has 1 unspecified atom stereocenters. The van der Waals surface area contributed by atoms with Crippen molar-refractivity contribution in [3.05, 3.63) is 29.8 Å². The molecule has 2 N–H and O–H groups in total. The molecule has 9 heteroatoms. The Morgan fingerprint density at radius 3 is 2.33 bits per heavy atom. The van der Waals surface area contributed by atoms with Gasteiger partial charge in [0.15, 0.2) is 9.84 Å². The average Bonchev–Trinajstić information content (AvgIpc) is 3.36. The van der Waals surface area contributed by atoms with Gasteiger partial charge in [-0.05, 0) is 50.5 Å². The number of nitrogens with one attached hydrogen (secondary N) is 2. The van der Waals surface area contributed by atoms with Gasteiger partial charge in [-0.25, -0.2) is 13.2 Å². The molecular formula is C18H22N2O6S. The summed E-state index contributed by atoms with van der Waals surface area (Å²) in [6.45, 7) is 1.99. The lowest BCUT2D eigenvalue weighted by molar-refractivity contribution is -0.134. The molecule has 0 radical (unpaired) electrons. The van der Waals surface area contributed by atoms with Gasteiger partial charge < -0.3 is 15.4 Å². The number of carbonyl (C=O) groups is 3. The maximum Gasteiger partial charge on any atom is 0.338 e. The van der Waals surface area contributed by atoms with E-state index >= 15 is 0 Å². The van der Waals surface area contributed by atoms with E-state index in [2.05, 4.69) is 10.6 Å². The maximum atomic E-state index is 12.6. The van der Waals surface area contributed by atoms with Crippen LogP contribution in [0.3, 0.4) is 0 Å². The van der Waals surface area contributed by atoms with Crippen LogP contribution < -0.4 is 10.6 Å². The molecule has 8 nitrogen and oxygen atoms in total. The lowest BCUT2D eigenvalue weighted by Crippen LogP contribution is -2.45. The summed E-state index contributed by atoms with van der Waals surface area (Å²) in [4.78, 5) is 36.7. The largest absolute Gasteiger partial charge is 0.462 e. The summed E-state index contributed by atoms with van der Waals surface area (Å²) < 4.78 is 27.9. The highest BCUT2D eigenvalue weighted by molar-refractivity contribution is 7.91. The van der Waals surface area contributed by atoms with Crippen molar-refractivity contribution in [1.82, 2.24) is 5.32 Å². The molecule has 1 aliphatic heterocycles. The van der Waals surface area contributed by atoms with Crippen molar-refractivity contribution in [2.24, 2.45) is 5.41 Å².